The molecule has 76 valence electrons. The smallest absolute Gasteiger partial charge is 0.554 e. The second-order valence-electron chi connectivity index (χ2n) is 2.70. The quantitative estimate of drug-likeness (QED) is 0.406. The minimum Gasteiger partial charge on any atom is -0.554 e. The molecule has 0 spiro atoms. The van der Waals surface area contributed by atoms with E-state index in [0.717, 1.165) is 0 Å². The predicted octanol–water partition coefficient (Wildman–Crippen LogP) is -1.88. The maximum absolute atomic E-state index is 8.25. The van der Waals surface area contributed by atoms with Crippen molar-refractivity contribution in [3.8, 4) is 11.1 Å². The van der Waals surface area contributed by atoms with Crippen molar-refractivity contribution in [3.05, 3.63) is 54.9 Å². The topological polar surface area (TPSA) is 53.0 Å². The average Bonchev–Trinajstić information content (AvgIpc) is 2.32. The molecule has 1 aromatic heterocycles. The molecule has 0 saturated carbocycles. The fourth-order valence-electron chi connectivity index (χ4n) is 1.17. The van der Waals surface area contributed by atoms with Gasteiger partial charge in [0, 0.05) is 18.9 Å². The molecule has 0 N–H and O–H groups in total. The summed E-state index contributed by atoms with van der Waals surface area (Å²) in [5.41, 5.74) is 2.45. The Balaban J connectivity index is 0.000000511. The number of nitrogens with zero attached hydrogens (tertiary/aromatic N) is 1. The molecule has 2 rings (SSSR count). The van der Waals surface area contributed by atoms with E-state index in [9.17, 15) is 0 Å². The second kappa shape index (κ2) is 8.72. The molecular weight excluding hydrogens is 197 g/mol. The molecule has 16 heavy (non-hydrogen) atoms. The maximum atomic E-state index is 8.25. The van der Waals surface area contributed by atoms with Crippen molar-refractivity contribution >= 4 is 6.47 Å². The van der Waals surface area contributed by atoms with Crippen LogP contribution in [0.5, 0.6) is 0 Å². The van der Waals surface area contributed by atoms with Gasteiger partial charge >= 0.3 is 18.9 Å². The molecule has 0 unspecified atom stereocenters. The van der Waals surface area contributed by atoms with Crippen LogP contribution >= 0.6 is 0 Å². The number of carbonyl (C=O) groups is 1. The van der Waals surface area contributed by atoms with Gasteiger partial charge in [-0.15, -0.1) is 0 Å². The number of aromatic nitrogens is 1. The van der Waals surface area contributed by atoms with Gasteiger partial charge < -0.3 is 9.90 Å². The van der Waals surface area contributed by atoms with Gasteiger partial charge in [0.05, 0.1) is 0 Å². The maximum Gasteiger partial charge on any atom is 1.00 e. The van der Waals surface area contributed by atoms with Crippen LogP contribution in [0.25, 0.3) is 11.1 Å². The summed E-state index contributed by atoms with van der Waals surface area (Å²) >= 11 is 0. The third kappa shape index (κ3) is 4.79. The third-order valence-electron chi connectivity index (χ3n) is 1.79. The van der Waals surface area contributed by atoms with Crippen LogP contribution in [0.1, 0.15) is 0 Å². The molecule has 0 aliphatic carbocycles. The van der Waals surface area contributed by atoms with Crippen molar-refractivity contribution in [1.29, 1.82) is 0 Å². The third-order valence-corrected chi connectivity index (χ3v) is 1.79. The van der Waals surface area contributed by atoms with E-state index in [1.54, 1.807) is 0 Å². The number of pyridine rings is 1. The Morgan fingerprint density at radius 1 is 0.938 bits per heavy atom. The number of hydrogen-bond donors (Lipinski definition) is 0. The summed E-state index contributed by atoms with van der Waals surface area (Å²) in [5, 5.41) is 8.25. The van der Waals surface area contributed by atoms with E-state index in [1.165, 1.54) is 11.1 Å². The molecule has 0 aliphatic heterocycles. The van der Waals surface area contributed by atoms with Gasteiger partial charge in [0.2, 0.25) is 0 Å². The Hall–Kier alpha value is -1.56. The van der Waals surface area contributed by atoms with E-state index in [1.807, 2.05) is 42.7 Å². The predicted molar refractivity (Wildman–Crippen MR) is 55.7 cm³/mol. The van der Waals surface area contributed by atoms with Crippen LogP contribution in [-0.4, -0.2) is 11.5 Å². The number of carbonyl (C=O) groups excluding carboxylic acids is 1. The molecular formula is C12H10LiNO2. The van der Waals surface area contributed by atoms with E-state index in [2.05, 4.69) is 17.1 Å². The fourth-order valence-corrected chi connectivity index (χ4v) is 1.17. The Bertz CT molecular complexity index is 355. The standard InChI is InChI=1S/C11H9N.CH2O2.Li/c1-2-4-10(5-3-1)11-6-8-12-9-7-11;2-1-3;/h1-9H;1H,(H,2,3);/q;;+1/p-1. The van der Waals surface area contributed by atoms with Gasteiger partial charge in [-0.25, -0.2) is 0 Å². The molecule has 3 nitrogen and oxygen atoms in total. The summed E-state index contributed by atoms with van der Waals surface area (Å²) in [6.07, 6.45) is 3.62. The Labute approximate surface area is 106 Å². The fraction of sp³-hybridized carbons (Fsp3) is 0. The molecule has 4 heteroatoms. The normalized spacial score (nSPS) is 8.00. The monoisotopic (exact) mass is 207 g/mol. The molecule has 0 saturated heterocycles. The second-order valence-corrected chi connectivity index (χ2v) is 2.70. The van der Waals surface area contributed by atoms with Crippen LogP contribution in [0.4, 0.5) is 0 Å². The van der Waals surface area contributed by atoms with E-state index in [0.29, 0.717) is 0 Å². The first kappa shape index (κ1) is 14.4. The number of benzene rings is 1. The Kier molecular flexibility index (Phi) is 7.87. The largest absolute Gasteiger partial charge is 1.00 e. The van der Waals surface area contributed by atoms with Crippen molar-refractivity contribution in [2.75, 3.05) is 0 Å². The van der Waals surface area contributed by atoms with Gasteiger partial charge in [-0.2, -0.15) is 0 Å². The van der Waals surface area contributed by atoms with Crippen molar-refractivity contribution in [3.63, 3.8) is 0 Å². The molecule has 2 aromatic rings. The molecule has 0 aliphatic rings. The van der Waals surface area contributed by atoms with Crippen LogP contribution in [0.15, 0.2) is 54.9 Å². The van der Waals surface area contributed by atoms with E-state index in [4.69, 9.17) is 9.90 Å². The van der Waals surface area contributed by atoms with Crippen molar-refractivity contribution in [2.45, 2.75) is 0 Å². The number of carboxylic acid groups (broad SMARTS) is 1. The van der Waals surface area contributed by atoms with Gasteiger partial charge in [0.25, 0.3) is 0 Å². The average molecular weight is 207 g/mol. The zero-order valence-corrected chi connectivity index (χ0v) is 9.04. The number of hydrogen-bond acceptors (Lipinski definition) is 3. The summed E-state index contributed by atoms with van der Waals surface area (Å²) in [6, 6.07) is 14.3. The summed E-state index contributed by atoms with van der Waals surface area (Å²) in [6.45, 7) is -0.500. The Morgan fingerprint density at radius 2 is 1.38 bits per heavy atom. The van der Waals surface area contributed by atoms with Gasteiger partial charge in [-0.05, 0) is 23.3 Å². The summed E-state index contributed by atoms with van der Waals surface area (Å²) in [7, 11) is 0. The first-order valence-electron chi connectivity index (χ1n) is 4.39. The summed E-state index contributed by atoms with van der Waals surface area (Å²) < 4.78 is 0. The summed E-state index contributed by atoms with van der Waals surface area (Å²) in [5.74, 6) is 0. The molecule has 0 fully saturated rings. The molecule has 0 atom stereocenters. The van der Waals surface area contributed by atoms with Crippen LogP contribution in [0.3, 0.4) is 0 Å². The molecule has 1 aromatic carbocycles. The zero-order valence-electron chi connectivity index (χ0n) is 9.04. The van der Waals surface area contributed by atoms with E-state index >= 15 is 0 Å². The molecule has 0 amide bonds. The van der Waals surface area contributed by atoms with Crippen LogP contribution in [-0.2, 0) is 4.79 Å². The first-order chi connectivity index (χ1) is 7.38. The first-order valence-corrected chi connectivity index (χ1v) is 4.39. The molecule has 0 radical (unpaired) electrons. The van der Waals surface area contributed by atoms with Crippen LogP contribution in [0, 0.1) is 0 Å². The Morgan fingerprint density at radius 3 is 1.88 bits per heavy atom. The summed E-state index contributed by atoms with van der Waals surface area (Å²) in [4.78, 5) is 12.2. The van der Waals surface area contributed by atoms with Crippen molar-refractivity contribution < 1.29 is 28.8 Å². The van der Waals surface area contributed by atoms with E-state index < -0.39 is 6.47 Å². The van der Waals surface area contributed by atoms with Crippen LogP contribution in [0.2, 0.25) is 0 Å². The van der Waals surface area contributed by atoms with Gasteiger partial charge in [-0.1, -0.05) is 30.3 Å². The van der Waals surface area contributed by atoms with Crippen LogP contribution < -0.4 is 24.0 Å². The van der Waals surface area contributed by atoms with Crippen molar-refractivity contribution in [2.24, 2.45) is 0 Å². The van der Waals surface area contributed by atoms with E-state index in [-0.39, 0.29) is 18.9 Å². The number of rotatable bonds is 1. The van der Waals surface area contributed by atoms with Gasteiger partial charge in [0.15, 0.2) is 0 Å². The SMILES string of the molecule is O=C[O-].[Li+].c1ccc(-c2ccncc2)cc1. The molecule has 0 bridgehead atoms. The minimum atomic E-state index is -0.500. The minimum absolute atomic E-state index is 0. The zero-order chi connectivity index (χ0) is 10.9. The van der Waals surface area contributed by atoms with Crippen molar-refractivity contribution in [1.82, 2.24) is 4.98 Å². The van der Waals surface area contributed by atoms with Gasteiger partial charge in [-0.3, -0.25) is 4.98 Å². The van der Waals surface area contributed by atoms with Gasteiger partial charge in [0.1, 0.15) is 0 Å². The molecule has 1 heterocycles.